The van der Waals surface area contributed by atoms with Gasteiger partial charge in [-0.1, -0.05) is 33.1 Å². The van der Waals surface area contributed by atoms with Gasteiger partial charge in [-0.25, -0.2) is 0 Å². The molecule has 17 heavy (non-hydrogen) atoms. The van der Waals surface area contributed by atoms with Crippen molar-refractivity contribution in [3.63, 3.8) is 0 Å². The molecule has 0 aromatic rings. The van der Waals surface area contributed by atoms with Crippen LogP contribution in [-0.2, 0) is 9.53 Å². The highest BCUT2D eigenvalue weighted by molar-refractivity contribution is 5.78. The Morgan fingerprint density at radius 2 is 2.12 bits per heavy atom. The minimum Gasteiger partial charge on any atom is -0.480 e. The van der Waals surface area contributed by atoms with Gasteiger partial charge >= 0.3 is 5.97 Å². The van der Waals surface area contributed by atoms with Crippen LogP contribution in [-0.4, -0.2) is 36.9 Å². The third kappa shape index (κ3) is 6.03. The van der Waals surface area contributed by atoms with Crippen molar-refractivity contribution in [1.29, 1.82) is 0 Å². The molecule has 2 atom stereocenters. The predicted molar refractivity (Wildman–Crippen MR) is 69.2 cm³/mol. The number of carboxylic acid groups (broad SMARTS) is 1. The second-order valence-corrected chi connectivity index (χ2v) is 4.82. The first kappa shape index (κ1) is 16.4. The Labute approximate surface area is 105 Å². The topological polar surface area (TPSA) is 58.6 Å². The standard InChI is InChI=1S/C13H27NO3/c1-5-7-8-11(6-2)9-17-10-13(3,14-4)12(15)16/h11,14H,5-10H2,1-4H3,(H,15,16). The van der Waals surface area contributed by atoms with Gasteiger partial charge in [-0.05, 0) is 26.3 Å². The smallest absolute Gasteiger partial charge is 0.326 e. The second-order valence-electron chi connectivity index (χ2n) is 4.82. The van der Waals surface area contributed by atoms with Crippen LogP contribution >= 0.6 is 0 Å². The molecular weight excluding hydrogens is 218 g/mol. The van der Waals surface area contributed by atoms with Crippen molar-refractivity contribution in [1.82, 2.24) is 5.32 Å². The Bertz CT molecular complexity index is 221. The van der Waals surface area contributed by atoms with E-state index in [0.717, 1.165) is 12.8 Å². The third-order valence-corrected chi connectivity index (χ3v) is 3.31. The summed E-state index contributed by atoms with van der Waals surface area (Å²) in [6.45, 7) is 6.83. The Morgan fingerprint density at radius 1 is 1.47 bits per heavy atom. The van der Waals surface area contributed by atoms with Gasteiger partial charge in [0, 0.05) is 6.61 Å². The monoisotopic (exact) mass is 245 g/mol. The molecule has 2 unspecified atom stereocenters. The predicted octanol–water partition coefficient (Wildman–Crippen LogP) is 2.28. The van der Waals surface area contributed by atoms with Crippen LogP contribution in [0.4, 0.5) is 0 Å². The van der Waals surface area contributed by atoms with Crippen molar-refractivity contribution >= 4 is 5.97 Å². The van der Waals surface area contributed by atoms with E-state index in [4.69, 9.17) is 9.84 Å². The van der Waals surface area contributed by atoms with Gasteiger partial charge in [-0.3, -0.25) is 4.79 Å². The number of hydrogen-bond acceptors (Lipinski definition) is 3. The van der Waals surface area contributed by atoms with Crippen molar-refractivity contribution in [2.45, 2.75) is 52.0 Å². The molecule has 2 N–H and O–H groups in total. The first-order chi connectivity index (χ1) is 8.00. The van der Waals surface area contributed by atoms with Gasteiger partial charge < -0.3 is 15.2 Å². The maximum atomic E-state index is 11.0. The molecule has 0 bridgehead atoms. The lowest BCUT2D eigenvalue weighted by molar-refractivity contribution is -0.146. The maximum Gasteiger partial charge on any atom is 0.326 e. The average Bonchev–Trinajstić information content (AvgIpc) is 2.32. The number of aliphatic carboxylic acids is 1. The van der Waals surface area contributed by atoms with E-state index in [2.05, 4.69) is 19.2 Å². The summed E-state index contributed by atoms with van der Waals surface area (Å²) in [6.07, 6.45) is 4.66. The molecule has 4 nitrogen and oxygen atoms in total. The second kappa shape index (κ2) is 8.48. The molecule has 0 aliphatic heterocycles. The third-order valence-electron chi connectivity index (χ3n) is 3.31. The van der Waals surface area contributed by atoms with Crippen LogP contribution in [0.15, 0.2) is 0 Å². The lowest BCUT2D eigenvalue weighted by Gasteiger charge is -2.25. The molecule has 0 spiro atoms. The average molecular weight is 245 g/mol. The molecular formula is C13H27NO3. The Hall–Kier alpha value is -0.610. The van der Waals surface area contributed by atoms with E-state index in [1.807, 2.05) is 0 Å². The molecule has 4 heteroatoms. The molecule has 0 aromatic heterocycles. The van der Waals surface area contributed by atoms with Gasteiger partial charge in [-0.15, -0.1) is 0 Å². The van der Waals surface area contributed by atoms with Crippen LogP contribution in [0, 0.1) is 5.92 Å². The van der Waals surface area contributed by atoms with E-state index < -0.39 is 11.5 Å². The van der Waals surface area contributed by atoms with Crippen LogP contribution in [0.3, 0.4) is 0 Å². The summed E-state index contributed by atoms with van der Waals surface area (Å²) in [5.41, 5.74) is -0.983. The quantitative estimate of drug-likeness (QED) is 0.620. The lowest BCUT2D eigenvalue weighted by Crippen LogP contribution is -2.51. The minimum absolute atomic E-state index is 0.210. The molecule has 0 rings (SSSR count). The van der Waals surface area contributed by atoms with E-state index in [9.17, 15) is 4.79 Å². The molecule has 0 saturated heterocycles. The van der Waals surface area contributed by atoms with Crippen LogP contribution in [0.1, 0.15) is 46.5 Å². The summed E-state index contributed by atoms with van der Waals surface area (Å²) in [4.78, 5) is 11.0. The fourth-order valence-corrected chi connectivity index (χ4v) is 1.57. The summed E-state index contributed by atoms with van der Waals surface area (Å²) in [5.74, 6) is -0.327. The highest BCUT2D eigenvalue weighted by Crippen LogP contribution is 2.14. The molecule has 0 heterocycles. The SMILES string of the molecule is CCCCC(CC)COCC(C)(NC)C(=O)O. The van der Waals surface area contributed by atoms with E-state index >= 15 is 0 Å². The molecule has 0 aliphatic carbocycles. The molecule has 102 valence electrons. The van der Waals surface area contributed by atoms with E-state index in [1.165, 1.54) is 12.8 Å². The number of unbranched alkanes of at least 4 members (excludes halogenated alkanes) is 1. The van der Waals surface area contributed by atoms with Crippen LogP contribution < -0.4 is 5.32 Å². The zero-order valence-corrected chi connectivity index (χ0v) is 11.6. The van der Waals surface area contributed by atoms with Gasteiger partial charge in [0.2, 0.25) is 0 Å². The summed E-state index contributed by atoms with van der Waals surface area (Å²) in [6, 6.07) is 0. The van der Waals surface area contributed by atoms with Gasteiger partial charge in [0.15, 0.2) is 0 Å². The molecule has 0 saturated carbocycles. The largest absolute Gasteiger partial charge is 0.480 e. The van der Waals surface area contributed by atoms with E-state index in [-0.39, 0.29) is 6.61 Å². The van der Waals surface area contributed by atoms with Crippen molar-refractivity contribution in [3.05, 3.63) is 0 Å². The first-order valence-electron chi connectivity index (χ1n) is 6.50. The van der Waals surface area contributed by atoms with Crippen molar-refractivity contribution in [2.75, 3.05) is 20.3 Å². The van der Waals surface area contributed by atoms with Crippen molar-refractivity contribution < 1.29 is 14.6 Å². The van der Waals surface area contributed by atoms with Crippen molar-refractivity contribution in [3.8, 4) is 0 Å². The Balaban J connectivity index is 3.97. The molecule has 0 fully saturated rings. The van der Waals surface area contributed by atoms with Gasteiger partial charge in [-0.2, -0.15) is 0 Å². The van der Waals surface area contributed by atoms with E-state index in [1.54, 1.807) is 14.0 Å². The Kier molecular flexibility index (Phi) is 8.17. The Morgan fingerprint density at radius 3 is 2.53 bits per heavy atom. The van der Waals surface area contributed by atoms with Gasteiger partial charge in [0.05, 0.1) is 6.61 Å². The summed E-state index contributed by atoms with van der Waals surface area (Å²) < 4.78 is 5.56. The summed E-state index contributed by atoms with van der Waals surface area (Å²) in [7, 11) is 1.64. The number of likely N-dealkylation sites (N-methyl/N-ethyl adjacent to an activating group) is 1. The highest BCUT2D eigenvalue weighted by Gasteiger charge is 2.31. The number of rotatable bonds is 10. The number of hydrogen-bond donors (Lipinski definition) is 2. The molecule has 0 aliphatic rings. The summed E-state index contributed by atoms with van der Waals surface area (Å²) in [5, 5.41) is 11.8. The minimum atomic E-state index is -0.983. The fourth-order valence-electron chi connectivity index (χ4n) is 1.57. The first-order valence-corrected chi connectivity index (χ1v) is 6.50. The lowest BCUT2D eigenvalue weighted by atomic mass is 10.00. The molecule has 0 radical (unpaired) electrons. The van der Waals surface area contributed by atoms with Gasteiger partial charge in [0.25, 0.3) is 0 Å². The summed E-state index contributed by atoms with van der Waals surface area (Å²) >= 11 is 0. The number of nitrogens with one attached hydrogen (secondary N) is 1. The van der Waals surface area contributed by atoms with Crippen LogP contribution in [0.5, 0.6) is 0 Å². The molecule has 0 amide bonds. The fraction of sp³-hybridized carbons (Fsp3) is 0.923. The maximum absolute atomic E-state index is 11.0. The normalized spacial score (nSPS) is 16.5. The van der Waals surface area contributed by atoms with Crippen LogP contribution in [0.2, 0.25) is 0 Å². The van der Waals surface area contributed by atoms with Crippen LogP contribution in [0.25, 0.3) is 0 Å². The number of carboxylic acids is 1. The number of carbonyl (C=O) groups is 1. The number of ether oxygens (including phenoxy) is 1. The van der Waals surface area contributed by atoms with E-state index in [0.29, 0.717) is 12.5 Å². The van der Waals surface area contributed by atoms with Gasteiger partial charge in [0.1, 0.15) is 5.54 Å². The zero-order chi connectivity index (χ0) is 13.3. The zero-order valence-electron chi connectivity index (χ0n) is 11.6. The highest BCUT2D eigenvalue weighted by atomic mass is 16.5. The van der Waals surface area contributed by atoms with Crippen molar-refractivity contribution in [2.24, 2.45) is 5.92 Å². The molecule has 0 aromatic carbocycles.